The maximum Gasteiger partial charge on any atom is 0.0659 e. The summed E-state index contributed by atoms with van der Waals surface area (Å²) in [4.78, 5) is 16.3. The Morgan fingerprint density at radius 2 is 1.31 bits per heavy atom. The summed E-state index contributed by atoms with van der Waals surface area (Å²) in [5.41, 5.74) is 9.04. The van der Waals surface area contributed by atoms with E-state index in [0.29, 0.717) is 0 Å². The van der Waals surface area contributed by atoms with Crippen LogP contribution in [0, 0.1) is 0 Å². The Hall–Kier alpha value is -3.44. The summed E-state index contributed by atoms with van der Waals surface area (Å²) in [6.45, 7) is 0.227. The van der Waals surface area contributed by atoms with Crippen LogP contribution in [0.3, 0.4) is 0 Å². The smallest absolute Gasteiger partial charge is 0.0659 e. The maximum atomic E-state index is 9.12. The van der Waals surface area contributed by atoms with E-state index in [9.17, 15) is 0 Å². The average Bonchev–Trinajstić information content (AvgIpc) is 3.47. The van der Waals surface area contributed by atoms with Crippen LogP contribution in [-0.4, -0.2) is 31.6 Å². The van der Waals surface area contributed by atoms with E-state index in [0.717, 1.165) is 64.1 Å². The second kappa shape index (κ2) is 7.53. The van der Waals surface area contributed by atoms with E-state index in [1.54, 1.807) is 0 Å². The highest BCUT2D eigenvalue weighted by atomic mass is 16.2. The van der Waals surface area contributed by atoms with Crippen molar-refractivity contribution in [2.75, 3.05) is 6.61 Å². The minimum absolute atomic E-state index is 0.227. The van der Waals surface area contributed by atoms with Gasteiger partial charge in [0.15, 0.2) is 0 Å². The van der Waals surface area contributed by atoms with Crippen molar-refractivity contribution in [3.63, 3.8) is 0 Å². The van der Waals surface area contributed by atoms with Gasteiger partial charge in [-0.25, -0.2) is 9.97 Å². The zero-order valence-corrected chi connectivity index (χ0v) is 16.0. The lowest BCUT2D eigenvalue weighted by Crippen LogP contribution is -1.87. The molecule has 0 saturated carbocycles. The van der Waals surface area contributed by atoms with Crippen molar-refractivity contribution < 1.29 is 5.11 Å². The minimum atomic E-state index is 0.227. The Balaban J connectivity index is 1.74. The first kappa shape index (κ1) is 17.6. The molecule has 144 valence electrons. The summed E-state index contributed by atoms with van der Waals surface area (Å²) in [7, 11) is 0. The number of aromatic amines is 2. The fraction of sp³-hybridized carbons (Fsp3) is 0.167. The Labute approximate surface area is 168 Å². The predicted octanol–water partition coefficient (Wildman–Crippen LogP) is 4.97. The third kappa shape index (κ3) is 3.91. The molecule has 0 radical (unpaired) electrons. The summed E-state index contributed by atoms with van der Waals surface area (Å²) in [6, 6.07) is 14.6. The number of nitrogens with zero attached hydrogens (tertiary/aromatic N) is 2. The van der Waals surface area contributed by atoms with Crippen molar-refractivity contribution in [1.82, 2.24) is 19.9 Å². The Bertz CT molecular complexity index is 1280. The predicted molar refractivity (Wildman–Crippen MR) is 119 cm³/mol. The number of nitrogens with one attached hydrogen (secondary N) is 2. The van der Waals surface area contributed by atoms with Crippen molar-refractivity contribution in [3.05, 3.63) is 70.8 Å². The molecule has 0 spiro atoms. The monoisotopic (exact) mass is 382 g/mol. The van der Waals surface area contributed by atoms with Gasteiger partial charge in [0.1, 0.15) is 0 Å². The highest BCUT2D eigenvalue weighted by Gasteiger charge is 2.05. The lowest BCUT2D eigenvalue weighted by Gasteiger charge is -1.96. The number of unbranched alkanes of at least 4 members (excludes halogenated alkanes) is 1. The second-order valence-electron chi connectivity index (χ2n) is 7.38. The van der Waals surface area contributed by atoms with Gasteiger partial charge in [-0.1, -0.05) is 0 Å². The number of hydrogen-bond acceptors (Lipinski definition) is 3. The molecule has 29 heavy (non-hydrogen) atoms. The standard InChI is InChI=1S/C24H22N4O/c29-10-2-1-3-16-11-23-14-21-7-6-19(26-21)12-17-4-5-18(25-17)13-20-8-9-22(27-20)15-24(16)28-23/h4-9,11-15,26,28-29H,1-3,10H2. The summed E-state index contributed by atoms with van der Waals surface area (Å²) in [6.07, 6.45) is 10.7. The molecular formula is C24H22N4O. The number of hydrogen-bond donors (Lipinski definition) is 3. The molecule has 2 aliphatic rings. The van der Waals surface area contributed by atoms with Gasteiger partial charge in [-0.05, 0) is 91.6 Å². The molecule has 0 unspecified atom stereocenters. The molecule has 0 atom stereocenters. The largest absolute Gasteiger partial charge is 0.396 e. The van der Waals surface area contributed by atoms with Crippen LogP contribution in [0.2, 0.25) is 0 Å². The first-order valence-electron chi connectivity index (χ1n) is 9.93. The Kier molecular flexibility index (Phi) is 4.58. The quantitative estimate of drug-likeness (QED) is 0.384. The first-order chi connectivity index (χ1) is 14.2. The molecule has 5 heteroatoms. The normalized spacial score (nSPS) is 12.6. The van der Waals surface area contributed by atoms with Gasteiger partial charge < -0.3 is 15.1 Å². The third-order valence-electron chi connectivity index (χ3n) is 5.11. The molecule has 0 saturated heterocycles. The number of aryl methyl sites for hydroxylation is 1. The minimum Gasteiger partial charge on any atom is -0.396 e. The van der Waals surface area contributed by atoms with Gasteiger partial charge in [0, 0.05) is 28.7 Å². The fourth-order valence-corrected chi connectivity index (χ4v) is 3.71. The van der Waals surface area contributed by atoms with Crippen molar-refractivity contribution >= 4 is 46.4 Å². The summed E-state index contributed by atoms with van der Waals surface area (Å²) in [5.74, 6) is 0. The Morgan fingerprint density at radius 3 is 2.03 bits per heavy atom. The van der Waals surface area contributed by atoms with Crippen LogP contribution in [0.25, 0.3) is 46.4 Å². The second-order valence-corrected chi connectivity index (χ2v) is 7.38. The van der Waals surface area contributed by atoms with E-state index in [1.807, 2.05) is 36.4 Å². The number of fused-ring (bicyclic) bond motifs is 8. The third-order valence-corrected chi connectivity index (χ3v) is 5.11. The van der Waals surface area contributed by atoms with Crippen LogP contribution in [0.15, 0.2) is 42.5 Å². The lowest BCUT2D eigenvalue weighted by molar-refractivity contribution is 0.284. The van der Waals surface area contributed by atoms with E-state index in [2.05, 4.69) is 45.3 Å². The Morgan fingerprint density at radius 1 is 0.655 bits per heavy atom. The van der Waals surface area contributed by atoms with Crippen molar-refractivity contribution in [2.45, 2.75) is 19.3 Å². The lowest BCUT2D eigenvalue weighted by atomic mass is 10.1. The molecular weight excluding hydrogens is 360 g/mol. The zero-order chi connectivity index (χ0) is 19.6. The van der Waals surface area contributed by atoms with Gasteiger partial charge in [-0.3, -0.25) is 0 Å². The number of H-pyrrole nitrogens is 2. The van der Waals surface area contributed by atoms with Crippen molar-refractivity contribution in [2.24, 2.45) is 0 Å². The van der Waals surface area contributed by atoms with E-state index in [1.165, 1.54) is 5.56 Å². The molecule has 0 aromatic carbocycles. The number of aliphatic hydroxyl groups excluding tert-OH is 1. The van der Waals surface area contributed by atoms with Gasteiger partial charge in [-0.15, -0.1) is 0 Å². The highest BCUT2D eigenvalue weighted by molar-refractivity contribution is 5.78. The molecule has 0 amide bonds. The van der Waals surface area contributed by atoms with Crippen LogP contribution in [0.5, 0.6) is 0 Å². The van der Waals surface area contributed by atoms with Crippen molar-refractivity contribution in [1.29, 1.82) is 0 Å². The number of aromatic nitrogens is 4. The van der Waals surface area contributed by atoms with Crippen molar-refractivity contribution in [3.8, 4) is 0 Å². The summed E-state index contributed by atoms with van der Waals surface area (Å²) >= 11 is 0. The van der Waals surface area contributed by atoms with Gasteiger partial charge >= 0.3 is 0 Å². The SMILES string of the molecule is OCCCCc1cc2cc3ccc(cc4nc(cc5nc(cc1[nH]2)C=C5)C=C4)[nH]3. The van der Waals surface area contributed by atoms with Crippen LogP contribution in [-0.2, 0) is 6.42 Å². The summed E-state index contributed by atoms with van der Waals surface area (Å²) < 4.78 is 0. The topological polar surface area (TPSA) is 77.6 Å². The molecule has 5 heterocycles. The van der Waals surface area contributed by atoms with E-state index < -0.39 is 0 Å². The van der Waals surface area contributed by atoms with E-state index in [4.69, 9.17) is 10.1 Å². The van der Waals surface area contributed by atoms with E-state index >= 15 is 0 Å². The fourth-order valence-electron chi connectivity index (χ4n) is 3.71. The number of rotatable bonds is 4. The molecule has 3 aromatic heterocycles. The van der Waals surface area contributed by atoms with Gasteiger partial charge in [-0.2, -0.15) is 0 Å². The molecule has 8 bridgehead atoms. The van der Waals surface area contributed by atoms with E-state index in [-0.39, 0.29) is 6.61 Å². The van der Waals surface area contributed by atoms with Gasteiger partial charge in [0.25, 0.3) is 0 Å². The van der Waals surface area contributed by atoms with Crippen LogP contribution < -0.4 is 0 Å². The molecule has 2 aliphatic heterocycles. The number of aliphatic hydroxyl groups is 1. The van der Waals surface area contributed by atoms with Crippen LogP contribution in [0.1, 0.15) is 41.2 Å². The molecule has 3 N–H and O–H groups in total. The van der Waals surface area contributed by atoms with Gasteiger partial charge in [0.05, 0.1) is 22.8 Å². The zero-order valence-electron chi connectivity index (χ0n) is 16.0. The maximum absolute atomic E-state index is 9.12. The van der Waals surface area contributed by atoms with Crippen LogP contribution in [0.4, 0.5) is 0 Å². The molecule has 0 fully saturated rings. The highest BCUT2D eigenvalue weighted by Crippen LogP contribution is 2.20. The summed E-state index contributed by atoms with van der Waals surface area (Å²) in [5, 5.41) is 9.12. The molecule has 5 nitrogen and oxygen atoms in total. The van der Waals surface area contributed by atoms with Crippen LogP contribution >= 0.6 is 0 Å². The average molecular weight is 382 g/mol. The first-order valence-corrected chi connectivity index (χ1v) is 9.93. The molecule has 3 aromatic rings. The molecule has 5 rings (SSSR count). The molecule has 0 aliphatic carbocycles. The van der Waals surface area contributed by atoms with Gasteiger partial charge in [0.2, 0.25) is 0 Å².